The summed E-state index contributed by atoms with van der Waals surface area (Å²) >= 11 is 0. The van der Waals surface area contributed by atoms with Crippen molar-refractivity contribution in [1.82, 2.24) is 15.0 Å². The van der Waals surface area contributed by atoms with E-state index in [2.05, 4.69) is 39.3 Å². The van der Waals surface area contributed by atoms with Gasteiger partial charge >= 0.3 is 0 Å². The molecule has 3 aromatic rings. The maximum absolute atomic E-state index is 5.97. The summed E-state index contributed by atoms with van der Waals surface area (Å²) in [5.74, 6) is 1.90. The van der Waals surface area contributed by atoms with Crippen LogP contribution >= 0.6 is 0 Å². The molecule has 4 rings (SSSR count). The normalized spacial score (nSPS) is 17.3. The molecule has 1 unspecified atom stereocenters. The maximum Gasteiger partial charge on any atom is 0.143 e. The van der Waals surface area contributed by atoms with Crippen LogP contribution in [0.5, 0.6) is 5.75 Å². The number of aryl methyl sites for hydroxylation is 2. The van der Waals surface area contributed by atoms with Crippen molar-refractivity contribution < 1.29 is 4.74 Å². The van der Waals surface area contributed by atoms with Crippen LogP contribution < -0.4 is 10.1 Å². The second-order valence-corrected chi connectivity index (χ2v) is 5.91. The number of para-hydroxylation sites is 1. The first-order chi connectivity index (χ1) is 11.3. The number of aromatic nitrogens is 3. The molecule has 0 spiro atoms. The number of anilines is 1. The van der Waals surface area contributed by atoms with Crippen molar-refractivity contribution in [3.63, 3.8) is 0 Å². The number of benzene rings is 1. The Hall–Kier alpha value is -2.56. The zero-order valence-corrected chi connectivity index (χ0v) is 13.2. The van der Waals surface area contributed by atoms with Crippen molar-refractivity contribution >= 4 is 16.9 Å². The SMILES string of the molecule is CCc1c[nH]c2ncnc(NC3CCc4ccccc4OC3)c12. The van der Waals surface area contributed by atoms with Crippen LogP contribution in [-0.4, -0.2) is 27.6 Å². The number of rotatable bonds is 3. The topological polar surface area (TPSA) is 62.8 Å². The highest BCUT2D eigenvalue weighted by molar-refractivity contribution is 5.90. The highest BCUT2D eigenvalue weighted by atomic mass is 16.5. The van der Waals surface area contributed by atoms with Gasteiger partial charge in [0.2, 0.25) is 0 Å². The van der Waals surface area contributed by atoms with Gasteiger partial charge in [0, 0.05) is 6.20 Å². The van der Waals surface area contributed by atoms with Gasteiger partial charge in [-0.3, -0.25) is 0 Å². The summed E-state index contributed by atoms with van der Waals surface area (Å²) in [6.45, 7) is 2.79. The quantitative estimate of drug-likeness (QED) is 0.779. The summed E-state index contributed by atoms with van der Waals surface area (Å²) in [4.78, 5) is 12.0. The first-order valence-corrected chi connectivity index (χ1v) is 8.13. The summed E-state index contributed by atoms with van der Waals surface area (Å²) in [6, 6.07) is 8.51. The molecule has 0 saturated carbocycles. The molecule has 3 heterocycles. The molecule has 5 nitrogen and oxygen atoms in total. The molecule has 0 saturated heterocycles. The van der Waals surface area contributed by atoms with Crippen LogP contribution in [0, 0.1) is 0 Å². The number of nitrogens with one attached hydrogen (secondary N) is 2. The zero-order chi connectivity index (χ0) is 15.6. The lowest BCUT2D eigenvalue weighted by Gasteiger charge is -2.17. The Kier molecular flexibility index (Phi) is 3.61. The molecule has 0 aliphatic carbocycles. The number of aromatic amines is 1. The lowest BCUT2D eigenvalue weighted by atomic mass is 10.1. The number of hydrogen-bond acceptors (Lipinski definition) is 4. The first-order valence-electron chi connectivity index (χ1n) is 8.13. The summed E-state index contributed by atoms with van der Waals surface area (Å²) in [5, 5.41) is 4.66. The summed E-state index contributed by atoms with van der Waals surface area (Å²) in [6.07, 6.45) is 6.61. The van der Waals surface area contributed by atoms with E-state index in [0.29, 0.717) is 6.61 Å². The van der Waals surface area contributed by atoms with Gasteiger partial charge in [-0.25, -0.2) is 9.97 Å². The van der Waals surface area contributed by atoms with E-state index in [1.807, 2.05) is 18.3 Å². The van der Waals surface area contributed by atoms with E-state index in [9.17, 15) is 0 Å². The second kappa shape index (κ2) is 5.91. The van der Waals surface area contributed by atoms with Gasteiger partial charge in [0.25, 0.3) is 0 Å². The van der Waals surface area contributed by atoms with Gasteiger partial charge in [-0.1, -0.05) is 25.1 Å². The fraction of sp³-hybridized carbons (Fsp3) is 0.333. The van der Waals surface area contributed by atoms with Gasteiger partial charge < -0.3 is 15.0 Å². The van der Waals surface area contributed by atoms with Crippen molar-refractivity contribution in [1.29, 1.82) is 0 Å². The largest absolute Gasteiger partial charge is 0.491 e. The van der Waals surface area contributed by atoms with E-state index in [4.69, 9.17) is 4.74 Å². The van der Waals surface area contributed by atoms with Crippen LogP contribution in [0.2, 0.25) is 0 Å². The molecular weight excluding hydrogens is 288 g/mol. The van der Waals surface area contributed by atoms with Crippen molar-refractivity contribution in [2.75, 3.05) is 11.9 Å². The van der Waals surface area contributed by atoms with Gasteiger partial charge in [-0.2, -0.15) is 0 Å². The third-order valence-corrected chi connectivity index (χ3v) is 4.45. The Balaban J connectivity index is 1.58. The Bertz CT molecular complexity index is 800. The van der Waals surface area contributed by atoms with Gasteiger partial charge in [0.1, 0.15) is 30.1 Å². The van der Waals surface area contributed by atoms with Gasteiger partial charge in [0.05, 0.1) is 11.4 Å². The number of ether oxygens (including phenoxy) is 1. The second-order valence-electron chi connectivity index (χ2n) is 5.91. The van der Waals surface area contributed by atoms with Crippen molar-refractivity contribution in [2.45, 2.75) is 32.2 Å². The molecule has 1 aliphatic rings. The fourth-order valence-electron chi connectivity index (χ4n) is 3.18. The molecule has 0 bridgehead atoms. The summed E-state index contributed by atoms with van der Waals surface area (Å²) < 4.78 is 5.97. The lowest BCUT2D eigenvalue weighted by molar-refractivity contribution is 0.302. The maximum atomic E-state index is 5.97. The number of hydrogen-bond donors (Lipinski definition) is 2. The minimum atomic E-state index is 0.236. The Labute approximate surface area is 135 Å². The lowest BCUT2D eigenvalue weighted by Crippen LogP contribution is -2.26. The van der Waals surface area contributed by atoms with E-state index in [-0.39, 0.29) is 6.04 Å². The van der Waals surface area contributed by atoms with E-state index >= 15 is 0 Å². The first kappa shape index (κ1) is 14.1. The fourth-order valence-corrected chi connectivity index (χ4v) is 3.18. The molecule has 2 N–H and O–H groups in total. The molecule has 0 fully saturated rings. The highest BCUT2D eigenvalue weighted by Crippen LogP contribution is 2.27. The molecular formula is C18H20N4O. The highest BCUT2D eigenvalue weighted by Gasteiger charge is 2.19. The Morgan fingerprint density at radius 2 is 2.22 bits per heavy atom. The smallest absolute Gasteiger partial charge is 0.143 e. The number of H-pyrrole nitrogens is 1. The minimum Gasteiger partial charge on any atom is -0.491 e. The third-order valence-electron chi connectivity index (χ3n) is 4.45. The predicted octanol–water partition coefficient (Wildman–Crippen LogP) is 3.33. The van der Waals surface area contributed by atoms with Crippen molar-refractivity contribution in [3.8, 4) is 5.75 Å². The zero-order valence-electron chi connectivity index (χ0n) is 13.2. The predicted molar refractivity (Wildman–Crippen MR) is 90.9 cm³/mol. The Morgan fingerprint density at radius 1 is 1.30 bits per heavy atom. The molecule has 2 aromatic heterocycles. The number of fused-ring (bicyclic) bond motifs is 2. The molecule has 0 amide bonds. The molecule has 1 aromatic carbocycles. The molecule has 0 radical (unpaired) electrons. The molecule has 5 heteroatoms. The average Bonchev–Trinajstić information content (AvgIpc) is 2.91. The van der Waals surface area contributed by atoms with E-state index in [1.165, 1.54) is 11.1 Å². The van der Waals surface area contributed by atoms with Crippen LogP contribution in [0.25, 0.3) is 11.0 Å². The average molecular weight is 308 g/mol. The third kappa shape index (κ3) is 2.63. The van der Waals surface area contributed by atoms with Crippen LogP contribution in [0.3, 0.4) is 0 Å². The van der Waals surface area contributed by atoms with E-state index in [0.717, 1.165) is 41.9 Å². The standard InChI is InChI=1S/C18H20N4O/c1-2-12-9-19-17-16(12)18(21-11-20-17)22-14-8-7-13-5-3-4-6-15(13)23-10-14/h3-6,9,11,14H,2,7-8,10H2,1H3,(H2,19,20,21,22). The van der Waals surface area contributed by atoms with Gasteiger partial charge in [-0.05, 0) is 36.5 Å². The number of nitrogens with zero attached hydrogens (tertiary/aromatic N) is 2. The van der Waals surface area contributed by atoms with Crippen LogP contribution in [0.4, 0.5) is 5.82 Å². The molecule has 118 valence electrons. The van der Waals surface area contributed by atoms with Crippen LogP contribution in [-0.2, 0) is 12.8 Å². The van der Waals surface area contributed by atoms with Crippen molar-refractivity contribution in [2.24, 2.45) is 0 Å². The molecule has 1 aliphatic heterocycles. The van der Waals surface area contributed by atoms with Gasteiger partial charge in [0.15, 0.2) is 0 Å². The monoisotopic (exact) mass is 308 g/mol. The van der Waals surface area contributed by atoms with Gasteiger partial charge in [-0.15, -0.1) is 0 Å². The summed E-state index contributed by atoms with van der Waals surface area (Å²) in [7, 11) is 0. The Morgan fingerprint density at radius 3 is 3.13 bits per heavy atom. The van der Waals surface area contributed by atoms with Crippen LogP contribution in [0.15, 0.2) is 36.8 Å². The molecule has 23 heavy (non-hydrogen) atoms. The van der Waals surface area contributed by atoms with E-state index in [1.54, 1.807) is 6.33 Å². The van der Waals surface area contributed by atoms with Crippen LogP contribution in [0.1, 0.15) is 24.5 Å². The van der Waals surface area contributed by atoms with E-state index < -0.39 is 0 Å². The van der Waals surface area contributed by atoms with Crippen molar-refractivity contribution in [3.05, 3.63) is 47.9 Å². The minimum absolute atomic E-state index is 0.236. The molecule has 1 atom stereocenters. The summed E-state index contributed by atoms with van der Waals surface area (Å²) in [5.41, 5.74) is 3.40.